The fraction of sp³-hybridized carbons (Fsp3) is 0.147. The summed E-state index contributed by atoms with van der Waals surface area (Å²) in [5, 5.41) is 12.2. The van der Waals surface area contributed by atoms with Crippen molar-refractivity contribution in [3.8, 4) is 11.8 Å². The zero-order valence-electron chi connectivity index (χ0n) is 22.3. The molecule has 4 heterocycles. The largest absolute Gasteiger partial charge is 0.478 e. The van der Waals surface area contributed by atoms with Crippen LogP contribution in [-0.2, 0) is 10.2 Å². The van der Waals surface area contributed by atoms with Gasteiger partial charge in [-0.3, -0.25) is 19.4 Å². The molecule has 0 saturated carbocycles. The first-order valence-electron chi connectivity index (χ1n) is 13.6. The minimum absolute atomic E-state index is 0.233. The van der Waals surface area contributed by atoms with Gasteiger partial charge in [0.25, 0.3) is 0 Å². The number of fused-ring (bicyclic) bond motifs is 6. The van der Waals surface area contributed by atoms with Crippen LogP contribution >= 0.6 is 0 Å². The number of anilines is 1. The van der Waals surface area contributed by atoms with Crippen LogP contribution < -0.4 is 10.1 Å². The zero-order chi connectivity index (χ0) is 28.8. The van der Waals surface area contributed by atoms with Crippen molar-refractivity contribution in [3.05, 3.63) is 131 Å². The van der Waals surface area contributed by atoms with Gasteiger partial charge in [0, 0.05) is 29.8 Å². The lowest BCUT2D eigenvalue weighted by Crippen LogP contribution is -2.49. The summed E-state index contributed by atoms with van der Waals surface area (Å²) in [7, 11) is 0. The number of Topliss-reactive ketones (excluding diaryl/α,β-unsaturated/α-hetero) is 2. The van der Waals surface area contributed by atoms with E-state index in [-0.39, 0.29) is 35.4 Å². The molecular formula is C34H24N4O4. The molecular weight excluding hydrogens is 528 g/mol. The second kappa shape index (κ2) is 9.82. The van der Waals surface area contributed by atoms with Crippen molar-refractivity contribution in [1.82, 2.24) is 9.88 Å². The Morgan fingerprint density at radius 2 is 1.76 bits per heavy atom. The van der Waals surface area contributed by atoms with Gasteiger partial charge in [-0.15, -0.1) is 0 Å². The average molecular weight is 553 g/mol. The molecule has 3 aliphatic rings. The number of hydrogen-bond donors (Lipinski definition) is 1. The lowest BCUT2D eigenvalue weighted by molar-refractivity contribution is -0.122. The molecule has 1 amide bonds. The summed E-state index contributed by atoms with van der Waals surface area (Å²) < 4.78 is 5.64. The topological polar surface area (TPSA) is 112 Å². The molecule has 3 aliphatic heterocycles. The van der Waals surface area contributed by atoms with E-state index in [9.17, 15) is 14.4 Å². The van der Waals surface area contributed by atoms with Crippen LogP contribution in [0.25, 0.3) is 6.08 Å². The maximum atomic E-state index is 14.8. The maximum absolute atomic E-state index is 14.8. The summed E-state index contributed by atoms with van der Waals surface area (Å²) in [5.41, 5.74) is 2.15. The van der Waals surface area contributed by atoms with E-state index in [1.165, 1.54) is 6.20 Å². The van der Waals surface area contributed by atoms with Gasteiger partial charge in [0.1, 0.15) is 23.3 Å². The number of para-hydroxylation sites is 2. The number of nitrogens with zero attached hydrogens (tertiary/aromatic N) is 3. The van der Waals surface area contributed by atoms with E-state index in [1.54, 1.807) is 42.6 Å². The van der Waals surface area contributed by atoms with Crippen molar-refractivity contribution in [2.75, 3.05) is 11.9 Å². The highest BCUT2D eigenvalue weighted by molar-refractivity contribution is 6.17. The van der Waals surface area contributed by atoms with Gasteiger partial charge in [-0.2, -0.15) is 5.26 Å². The lowest BCUT2D eigenvalue weighted by atomic mass is 9.62. The molecule has 1 N–H and O–H groups in total. The summed E-state index contributed by atoms with van der Waals surface area (Å²) in [6.45, 7) is -0.244. The van der Waals surface area contributed by atoms with Gasteiger partial charge in [-0.1, -0.05) is 54.6 Å². The highest BCUT2D eigenvalue weighted by Crippen LogP contribution is 2.62. The number of benzene rings is 3. The highest BCUT2D eigenvalue weighted by Gasteiger charge is 2.70. The molecule has 4 atom stereocenters. The number of hydrogen-bond acceptors (Lipinski definition) is 7. The monoisotopic (exact) mass is 552 g/mol. The molecule has 1 aromatic heterocycles. The molecule has 1 fully saturated rings. The van der Waals surface area contributed by atoms with Gasteiger partial charge in [0.15, 0.2) is 18.2 Å². The lowest BCUT2D eigenvalue weighted by Gasteiger charge is -2.38. The summed E-state index contributed by atoms with van der Waals surface area (Å²) in [6, 6.07) is 25.4. The molecule has 1 saturated heterocycles. The number of carbonyl (C=O) groups excluding carboxylic acids is 3. The first-order valence-corrected chi connectivity index (χ1v) is 13.6. The predicted octanol–water partition coefficient (Wildman–Crippen LogP) is 4.97. The van der Waals surface area contributed by atoms with Gasteiger partial charge in [-0.05, 0) is 53.1 Å². The number of aromatic nitrogens is 1. The molecule has 1 spiro atoms. The minimum Gasteiger partial charge on any atom is -0.478 e. The molecule has 4 aromatic rings. The fourth-order valence-electron chi connectivity index (χ4n) is 6.92. The summed E-state index contributed by atoms with van der Waals surface area (Å²) in [4.78, 5) is 50.0. The Labute approximate surface area is 241 Å². The molecule has 8 nitrogen and oxygen atoms in total. The van der Waals surface area contributed by atoms with Crippen LogP contribution in [0.1, 0.15) is 43.4 Å². The summed E-state index contributed by atoms with van der Waals surface area (Å²) in [6.07, 6.45) is 6.78. The van der Waals surface area contributed by atoms with Crippen molar-refractivity contribution in [3.63, 3.8) is 0 Å². The van der Waals surface area contributed by atoms with Crippen LogP contribution in [0.5, 0.6) is 5.75 Å². The number of nitriles is 1. The SMILES string of the molecule is N#CCOc1ccccc1C(=O)[C@H]1[C@@H](C(=O)c2cccnc2)[C@@]2(C(=O)Nc3ccccc32)[C@@H]2c3ccccc3C=CN21. The number of pyridine rings is 1. The van der Waals surface area contributed by atoms with Crippen molar-refractivity contribution in [2.45, 2.75) is 17.5 Å². The number of ether oxygens (including phenoxy) is 1. The molecule has 0 unspecified atom stereocenters. The van der Waals surface area contributed by atoms with Crippen molar-refractivity contribution >= 4 is 29.2 Å². The normalized spacial score (nSPS) is 23.0. The molecule has 0 radical (unpaired) electrons. The molecule has 3 aromatic carbocycles. The van der Waals surface area contributed by atoms with Gasteiger partial charge in [0.2, 0.25) is 5.91 Å². The predicted molar refractivity (Wildman–Crippen MR) is 155 cm³/mol. The van der Waals surface area contributed by atoms with E-state index < -0.39 is 23.4 Å². The van der Waals surface area contributed by atoms with E-state index >= 15 is 0 Å². The Balaban J connectivity index is 1.52. The second-order valence-electron chi connectivity index (χ2n) is 10.5. The summed E-state index contributed by atoms with van der Waals surface area (Å²) in [5.74, 6) is -1.96. The third-order valence-corrected chi connectivity index (χ3v) is 8.51. The van der Waals surface area contributed by atoms with Crippen molar-refractivity contribution < 1.29 is 19.1 Å². The Hall–Kier alpha value is -5.55. The Bertz CT molecular complexity index is 1830. The van der Waals surface area contributed by atoms with E-state index in [2.05, 4.69) is 10.3 Å². The number of ketones is 2. The average Bonchev–Trinajstić information content (AvgIpc) is 3.52. The Morgan fingerprint density at radius 3 is 2.60 bits per heavy atom. The molecule has 0 aliphatic carbocycles. The maximum Gasteiger partial charge on any atom is 0.238 e. The van der Waals surface area contributed by atoms with Gasteiger partial charge in [0.05, 0.1) is 17.5 Å². The van der Waals surface area contributed by atoms with Crippen LogP contribution in [0.15, 0.2) is 104 Å². The first-order chi connectivity index (χ1) is 20.6. The van der Waals surface area contributed by atoms with Gasteiger partial charge < -0.3 is 15.0 Å². The zero-order valence-corrected chi connectivity index (χ0v) is 22.3. The van der Waals surface area contributed by atoms with Crippen LogP contribution in [0.2, 0.25) is 0 Å². The van der Waals surface area contributed by atoms with Gasteiger partial charge in [-0.25, -0.2) is 0 Å². The fourth-order valence-corrected chi connectivity index (χ4v) is 6.92. The Kier molecular flexibility index (Phi) is 5.94. The highest BCUT2D eigenvalue weighted by atomic mass is 16.5. The van der Waals surface area contributed by atoms with E-state index in [1.807, 2.05) is 71.8 Å². The van der Waals surface area contributed by atoms with Crippen LogP contribution in [0.4, 0.5) is 5.69 Å². The number of amides is 1. The van der Waals surface area contributed by atoms with Crippen LogP contribution in [0, 0.1) is 17.2 Å². The van der Waals surface area contributed by atoms with Crippen molar-refractivity contribution in [1.29, 1.82) is 5.26 Å². The van der Waals surface area contributed by atoms with E-state index in [0.717, 1.165) is 11.1 Å². The smallest absolute Gasteiger partial charge is 0.238 e. The van der Waals surface area contributed by atoms with E-state index in [0.29, 0.717) is 16.8 Å². The molecule has 7 rings (SSSR count). The molecule has 42 heavy (non-hydrogen) atoms. The van der Waals surface area contributed by atoms with Crippen LogP contribution in [0.3, 0.4) is 0 Å². The molecule has 8 heteroatoms. The molecule has 0 bridgehead atoms. The van der Waals surface area contributed by atoms with Gasteiger partial charge >= 0.3 is 0 Å². The first kappa shape index (κ1) is 25.4. The number of nitrogens with one attached hydrogen (secondary N) is 1. The third-order valence-electron chi connectivity index (χ3n) is 8.51. The van der Waals surface area contributed by atoms with Crippen molar-refractivity contribution in [2.24, 2.45) is 5.92 Å². The van der Waals surface area contributed by atoms with E-state index in [4.69, 9.17) is 10.00 Å². The number of carbonyl (C=O) groups is 3. The number of rotatable bonds is 6. The third kappa shape index (κ3) is 3.53. The molecule has 204 valence electrons. The quantitative estimate of drug-likeness (QED) is 0.336. The second-order valence-corrected chi connectivity index (χ2v) is 10.5. The summed E-state index contributed by atoms with van der Waals surface area (Å²) >= 11 is 0. The standard InChI is InChI=1S/C34H24N4O4/c35-16-19-42-27-14-6-3-11-24(27)31(40)29-28(30(39)22-9-7-17-36-20-22)34(25-12-4-5-13-26(25)37-33(34)41)32-23-10-2-1-8-21(23)15-18-38(29)32/h1-15,17-18,20,28-29,32H,19H2,(H,37,41)/t28-,29+,32-,34+/m0/s1. The minimum atomic E-state index is -1.44. The Morgan fingerprint density at radius 1 is 0.976 bits per heavy atom. The van der Waals surface area contributed by atoms with Crippen LogP contribution in [-0.4, -0.2) is 40.0 Å².